The fourth-order valence-corrected chi connectivity index (χ4v) is 5.67. The molecule has 1 unspecified atom stereocenters. The summed E-state index contributed by atoms with van der Waals surface area (Å²) in [5, 5.41) is 10.1. The molecule has 11 heteroatoms. The minimum Gasteiger partial charge on any atom is -0.378 e. The number of hydrogen-bond acceptors (Lipinski definition) is 8. The van der Waals surface area contributed by atoms with Gasteiger partial charge in [-0.1, -0.05) is 29.8 Å². The molecule has 1 atom stereocenters. The highest BCUT2D eigenvalue weighted by molar-refractivity contribution is 7.15. The number of hydrogen-bond donors (Lipinski definition) is 2. The van der Waals surface area contributed by atoms with E-state index in [9.17, 15) is 4.79 Å². The number of amides is 1. The second kappa shape index (κ2) is 9.32. The van der Waals surface area contributed by atoms with Crippen molar-refractivity contribution in [2.45, 2.75) is 25.9 Å². The Labute approximate surface area is 200 Å². The van der Waals surface area contributed by atoms with E-state index in [1.807, 2.05) is 46.7 Å². The Morgan fingerprint density at radius 2 is 2.06 bits per heavy atom. The van der Waals surface area contributed by atoms with E-state index in [2.05, 4.69) is 15.6 Å². The van der Waals surface area contributed by atoms with Crippen LogP contribution < -0.4 is 11.3 Å². The van der Waals surface area contributed by atoms with Gasteiger partial charge in [0, 0.05) is 40.5 Å². The van der Waals surface area contributed by atoms with Gasteiger partial charge in [0.15, 0.2) is 5.82 Å². The van der Waals surface area contributed by atoms with E-state index in [0.717, 1.165) is 38.4 Å². The van der Waals surface area contributed by atoms with Crippen molar-refractivity contribution in [3.63, 3.8) is 0 Å². The number of aromatic nitrogens is 3. The van der Waals surface area contributed by atoms with Gasteiger partial charge in [0.2, 0.25) is 5.91 Å². The number of nitrogens with two attached hydrogens (primary N) is 1. The molecule has 172 valence electrons. The van der Waals surface area contributed by atoms with Crippen LogP contribution >= 0.6 is 22.9 Å². The smallest absolute Gasteiger partial charge is 0.224 e. The molecule has 3 aromatic rings. The van der Waals surface area contributed by atoms with Crippen LogP contribution in [0.25, 0.3) is 5.00 Å². The Hall–Kier alpha value is -2.63. The number of aliphatic imine (C=N–C) groups is 1. The molecular formula is C22H24ClN7O2S. The van der Waals surface area contributed by atoms with Crippen LogP contribution in [-0.4, -0.2) is 57.6 Å². The normalized spacial score (nSPS) is 16.6. The Kier molecular flexibility index (Phi) is 6.26. The molecule has 2 aliphatic rings. The zero-order valence-electron chi connectivity index (χ0n) is 18.1. The second-order valence-corrected chi connectivity index (χ2v) is 9.40. The van der Waals surface area contributed by atoms with E-state index < -0.39 is 0 Å². The highest BCUT2D eigenvalue weighted by Gasteiger charge is 2.29. The predicted molar refractivity (Wildman–Crippen MR) is 127 cm³/mol. The molecule has 4 heterocycles. The summed E-state index contributed by atoms with van der Waals surface area (Å²) in [7, 11) is 0. The molecule has 1 fully saturated rings. The third-order valence-corrected chi connectivity index (χ3v) is 7.44. The minimum atomic E-state index is -0.343. The van der Waals surface area contributed by atoms with Crippen molar-refractivity contribution < 1.29 is 9.53 Å². The first-order valence-corrected chi connectivity index (χ1v) is 11.9. The van der Waals surface area contributed by atoms with Gasteiger partial charge >= 0.3 is 0 Å². The van der Waals surface area contributed by atoms with E-state index in [4.69, 9.17) is 27.2 Å². The van der Waals surface area contributed by atoms with Gasteiger partial charge in [-0.05, 0) is 19.1 Å². The second-order valence-electron chi connectivity index (χ2n) is 7.93. The third kappa shape index (κ3) is 4.20. The molecule has 0 radical (unpaired) electrons. The van der Waals surface area contributed by atoms with Gasteiger partial charge in [0.25, 0.3) is 0 Å². The first kappa shape index (κ1) is 22.2. The average molecular weight is 486 g/mol. The number of carbonyl (C=O) groups is 1. The summed E-state index contributed by atoms with van der Waals surface area (Å²) in [5.74, 6) is 7.50. The lowest BCUT2D eigenvalue weighted by molar-refractivity contribution is -0.135. The molecule has 33 heavy (non-hydrogen) atoms. The maximum atomic E-state index is 12.9. The van der Waals surface area contributed by atoms with Gasteiger partial charge < -0.3 is 9.64 Å². The molecule has 0 spiro atoms. The number of aryl methyl sites for hydroxylation is 1. The monoisotopic (exact) mass is 485 g/mol. The van der Waals surface area contributed by atoms with Crippen molar-refractivity contribution in [3.05, 3.63) is 63.0 Å². The fourth-order valence-electron chi connectivity index (χ4n) is 4.16. The molecule has 0 aliphatic carbocycles. The van der Waals surface area contributed by atoms with Crippen LogP contribution in [0, 0.1) is 6.92 Å². The van der Waals surface area contributed by atoms with Crippen LogP contribution in [0.2, 0.25) is 5.02 Å². The maximum Gasteiger partial charge on any atom is 0.224 e. The summed E-state index contributed by atoms with van der Waals surface area (Å²) in [6, 6.07) is 9.36. The number of nitrogens with one attached hydrogen (secondary N) is 1. The molecule has 2 aromatic heterocycles. The van der Waals surface area contributed by atoms with E-state index in [1.165, 1.54) is 0 Å². The number of ether oxygens (including phenoxy) is 1. The lowest BCUT2D eigenvalue weighted by atomic mass is 10.0. The molecule has 1 amide bonds. The fraction of sp³-hybridized carbons (Fsp3) is 0.364. The number of carbonyl (C=O) groups excluding carboxylic acids is 1. The van der Waals surface area contributed by atoms with Crippen molar-refractivity contribution in [2.24, 2.45) is 10.8 Å². The Morgan fingerprint density at radius 1 is 1.27 bits per heavy atom. The van der Waals surface area contributed by atoms with E-state index in [0.29, 0.717) is 37.9 Å². The van der Waals surface area contributed by atoms with Gasteiger partial charge in [-0.3, -0.25) is 25.6 Å². The molecule has 0 saturated carbocycles. The molecule has 2 aliphatic heterocycles. The highest BCUT2D eigenvalue weighted by atomic mass is 35.5. The molecule has 3 N–H and O–H groups in total. The van der Waals surface area contributed by atoms with Gasteiger partial charge in [0.05, 0.1) is 25.0 Å². The number of hydrazine groups is 1. The summed E-state index contributed by atoms with van der Waals surface area (Å²) in [4.78, 5) is 20.5. The third-order valence-electron chi connectivity index (χ3n) is 5.88. The van der Waals surface area contributed by atoms with E-state index >= 15 is 0 Å². The Bertz CT molecular complexity index is 1220. The topological polar surface area (TPSA) is 111 Å². The number of rotatable bonds is 5. The lowest BCUT2D eigenvalue weighted by Gasteiger charge is -2.28. The minimum absolute atomic E-state index is 0.0472. The Balaban J connectivity index is 1.55. The summed E-state index contributed by atoms with van der Waals surface area (Å²) in [5.41, 5.74) is 5.40. The summed E-state index contributed by atoms with van der Waals surface area (Å²) in [6.45, 7) is 4.64. The summed E-state index contributed by atoms with van der Waals surface area (Å²) >= 11 is 8.10. The van der Waals surface area contributed by atoms with E-state index in [-0.39, 0.29) is 18.4 Å². The van der Waals surface area contributed by atoms with Crippen LogP contribution in [-0.2, 0) is 16.1 Å². The number of halogens is 1. The first-order chi connectivity index (χ1) is 16.1. The highest BCUT2D eigenvalue weighted by Crippen LogP contribution is 2.37. The van der Waals surface area contributed by atoms with E-state index in [1.54, 1.807) is 11.3 Å². The van der Waals surface area contributed by atoms with Gasteiger partial charge in [0.1, 0.15) is 17.4 Å². The molecular weight excluding hydrogens is 462 g/mol. The summed E-state index contributed by atoms with van der Waals surface area (Å²) < 4.78 is 7.38. The number of morpholine rings is 1. The Morgan fingerprint density at radius 3 is 2.82 bits per heavy atom. The zero-order chi connectivity index (χ0) is 22.9. The number of fused-ring (bicyclic) bond motifs is 3. The van der Waals surface area contributed by atoms with Gasteiger partial charge in [-0.15, -0.1) is 21.5 Å². The van der Waals surface area contributed by atoms with Crippen molar-refractivity contribution >= 4 is 34.6 Å². The van der Waals surface area contributed by atoms with Crippen LogP contribution in [0.3, 0.4) is 0 Å². The van der Waals surface area contributed by atoms with Gasteiger partial charge in [-0.2, -0.15) is 0 Å². The van der Waals surface area contributed by atoms with Crippen LogP contribution in [0.15, 0.2) is 35.3 Å². The molecule has 9 nitrogen and oxygen atoms in total. The predicted octanol–water partition coefficient (Wildman–Crippen LogP) is 2.39. The maximum absolute atomic E-state index is 12.9. The standard InChI is InChI=1S/C22H24ClN7O2S/c1-13-27-28-19-12-25-21(14-4-2-3-5-16(14)23)15-10-18(33-22(15)30(13)19)17(26-24)11-20(31)29-6-8-32-9-7-29/h2-5,10,17,26H,6-9,11-12,24H2,1H3. The molecule has 0 bridgehead atoms. The number of thiophene rings is 1. The van der Waals surface area contributed by atoms with Crippen LogP contribution in [0.1, 0.15) is 40.1 Å². The van der Waals surface area contributed by atoms with Crippen LogP contribution in [0.4, 0.5) is 0 Å². The van der Waals surface area contributed by atoms with Crippen molar-refractivity contribution in [3.8, 4) is 5.00 Å². The van der Waals surface area contributed by atoms with Crippen LogP contribution in [0.5, 0.6) is 0 Å². The van der Waals surface area contributed by atoms with Gasteiger partial charge in [-0.25, -0.2) is 0 Å². The number of nitrogens with zero attached hydrogens (tertiary/aromatic N) is 5. The van der Waals surface area contributed by atoms with Crippen molar-refractivity contribution in [2.75, 3.05) is 26.3 Å². The molecule has 1 saturated heterocycles. The zero-order valence-corrected chi connectivity index (χ0v) is 19.7. The van der Waals surface area contributed by atoms with Crippen molar-refractivity contribution in [1.82, 2.24) is 25.1 Å². The summed E-state index contributed by atoms with van der Waals surface area (Å²) in [6.07, 6.45) is 0.252. The molecule has 1 aromatic carbocycles. The lowest BCUT2D eigenvalue weighted by Crippen LogP contribution is -2.42. The van der Waals surface area contributed by atoms with Crippen molar-refractivity contribution in [1.29, 1.82) is 0 Å². The largest absolute Gasteiger partial charge is 0.378 e. The molecule has 5 rings (SSSR count). The first-order valence-electron chi connectivity index (χ1n) is 10.7. The average Bonchev–Trinajstić information content (AvgIpc) is 3.38. The SMILES string of the molecule is Cc1nnc2n1-c1sc(C(CC(=O)N3CCOCC3)NN)cc1C(c1ccccc1Cl)=NC2. The quantitative estimate of drug-likeness (QED) is 0.424. The number of benzene rings is 1.